The zero-order valence-electron chi connectivity index (χ0n) is 15.0. The zero-order valence-corrected chi connectivity index (χ0v) is 16.6. The van der Waals surface area contributed by atoms with Gasteiger partial charge in [-0.1, -0.05) is 23.7 Å². The fraction of sp³-hybridized carbons (Fsp3) is 0.556. The summed E-state index contributed by atoms with van der Waals surface area (Å²) >= 11 is 7.85. The Labute approximate surface area is 159 Å². The minimum Gasteiger partial charge on any atom is -0.356 e. The average molecular weight is 383 g/mol. The lowest BCUT2D eigenvalue weighted by Gasteiger charge is -2.36. The molecule has 1 saturated heterocycles. The fourth-order valence-electron chi connectivity index (χ4n) is 2.85. The smallest absolute Gasteiger partial charge is 0.227 e. The van der Waals surface area contributed by atoms with Gasteiger partial charge in [0, 0.05) is 44.8 Å². The Morgan fingerprint density at radius 1 is 1.28 bits per heavy atom. The third kappa shape index (κ3) is 6.44. The van der Waals surface area contributed by atoms with E-state index in [1.54, 1.807) is 0 Å². The van der Waals surface area contributed by atoms with E-state index in [9.17, 15) is 4.79 Å². The van der Waals surface area contributed by atoms with Gasteiger partial charge in [0.2, 0.25) is 5.91 Å². The largest absolute Gasteiger partial charge is 0.356 e. The van der Waals surface area contributed by atoms with Crippen LogP contribution < -0.4 is 5.32 Å². The Kier molecular flexibility index (Phi) is 8.41. The zero-order chi connectivity index (χ0) is 18.1. The fourth-order valence-corrected chi connectivity index (χ4v) is 3.50. The summed E-state index contributed by atoms with van der Waals surface area (Å²) in [4.78, 5) is 21.0. The number of hydrogen-bond donors (Lipinski definition) is 1. The van der Waals surface area contributed by atoms with Gasteiger partial charge in [0.05, 0.1) is 6.42 Å². The maximum absolute atomic E-state index is 12.5. The molecule has 1 N–H and O–H groups in total. The number of halogens is 1. The van der Waals surface area contributed by atoms with Crippen LogP contribution in [0.1, 0.15) is 12.0 Å². The number of hydrogen-bond acceptors (Lipinski definition) is 3. The second kappa shape index (κ2) is 10.6. The molecule has 0 saturated carbocycles. The molecule has 2 rings (SSSR count). The van der Waals surface area contributed by atoms with E-state index in [4.69, 9.17) is 11.6 Å². The van der Waals surface area contributed by atoms with Gasteiger partial charge in [-0.05, 0) is 36.1 Å². The van der Waals surface area contributed by atoms with Crippen LogP contribution >= 0.6 is 23.4 Å². The Morgan fingerprint density at radius 3 is 2.64 bits per heavy atom. The third-order valence-electron chi connectivity index (χ3n) is 4.20. The number of piperazine rings is 1. The molecule has 0 aromatic heterocycles. The van der Waals surface area contributed by atoms with Crippen LogP contribution in [-0.2, 0) is 11.2 Å². The minimum atomic E-state index is 0.157. The van der Waals surface area contributed by atoms with Gasteiger partial charge in [-0.15, -0.1) is 0 Å². The molecule has 138 valence electrons. The van der Waals surface area contributed by atoms with Crippen molar-refractivity contribution < 1.29 is 4.79 Å². The number of carbonyl (C=O) groups excluding carboxylic acids is 1. The molecule has 1 fully saturated rings. The van der Waals surface area contributed by atoms with Gasteiger partial charge in [0.15, 0.2) is 5.96 Å². The normalized spacial score (nSPS) is 15.4. The summed E-state index contributed by atoms with van der Waals surface area (Å²) in [6.45, 7) is 4.00. The number of rotatable bonds is 6. The summed E-state index contributed by atoms with van der Waals surface area (Å²) in [5, 5.41) is 4.08. The van der Waals surface area contributed by atoms with Crippen LogP contribution in [0.3, 0.4) is 0 Å². The van der Waals surface area contributed by atoms with E-state index in [0.29, 0.717) is 11.4 Å². The van der Waals surface area contributed by atoms with Gasteiger partial charge in [0.1, 0.15) is 0 Å². The molecule has 1 amide bonds. The van der Waals surface area contributed by atoms with E-state index < -0.39 is 0 Å². The lowest BCUT2D eigenvalue weighted by atomic mass is 10.1. The summed E-state index contributed by atoms with van der Waals surface area (Å²) in [7, 11) is 1.81. The van der Waals surface area contributed by atoms with Gasteiger partial charge in [0.25, 0.3) is 0 Å². The first-order valence-electron chi connectivity index (χ1n) is 8.61. The van der Waals surface area contributed by atoms with E-state index in [1.165, 1.54) is 0 Å². The van der Waals surface area contributed by atoms with Crippen LogP contribution in [-0.4, -0.2) is 73.4 Å². The molecule has 1 aliphatic rings. The predicted octanol–water partition coefficient (Wildman–Crippen LogP) is 2.36. The number of aliphatic imine (C=N–C) groups is 1. The number of guanidine groups is 1. The molecule has 0 bridgehead atoms. The quantitative estimate of drug-likeness (QED) is 0.466. The van der Waals surface area contributed by atoms with E-state index in [0.717, 1.165) is 56.4 Å². The van der Waals surface area contributed by atoms with Crippen molar-refractivity contribution >= 4 is 35.2 Å². The molecule has 25 heavy (non-hydrogen) atoms. The molecule has 0 atom stereocenters. The predicted molar refractivity (Wildman–Crippen MR) is 108 cm³/mol. The monoisotopic (exact) mass is 382 g/mol. The van der Waals surface area contributed by atoms with E-state index in [-0.39, 0.29) is 5.91 Å². The second-order valence-corrected chi connectivity index (χ2v) is 7.42. The molecule has 0 spiro atoms. The van der Waals surface area contributed by atoms with Crippen LogP contribution in [0, 0.1) is 0 Å². The second-order valence-electron chi connectivity index (χ2n) is 5.99. The van der Waals surface area contributed by atoms with Crippen molar-refractivity contribution in [2.24, 2.45) is 4.99 Å². The molecular formula is C18H27ClN4OS. The van der Waals surface area contributed by atoms with Gasteiger partial charge in [-0.25, -0.2) is 0 Å². The first-order chi connectivity index (χ1) is 12.1. The van der Waals surface area contributed by atoms with Crippen molar-refractivity contribution in [3.8, 4) is 0 Å². The lowest BCUT2D eigenvalue weighted by molar-refractivity contribution is -0.131. The topological polar surface area (TPSA) is 47.9 Å². The Morgan fingerprint density at radius 2 is 2.00 bits per heavy atom. The molecule has 7 heteroatoms. The summed E-state index contributed by atoms with van der Waals surface area (Å²) in [5.41, 5.74) is 0.964. The minimum absolute atomic E-state index is 0.157. The average Bonchev–Trinajstić information content (AvgIpc) is 2.62. The van der Waals surface area contributed by atoms with Crippen LogP contribution in [0.4, 0.5) is 0 Å². The van der Waals surface area contributed by atoms with E-state index in [2.05, 4.69) is 21.5 Å². The van der Waals surface area contributed by atoms with Gasteiger partial charge in [-0.2, -0.15) is 11.8 Å². The van der Waals surface area contributed by atoms with Crippen molar-refractivity contribution in [2.45, 2.75) is 12.8 Å². The number of thioether (sulfide) groups is 1. The highest BCUT2D eigenvalue weighted by Gasteiger charge is 2.22. The Hall–Kier alpha value is -1.40. The standard InChI is InChI=1S/C18H27ClN4OS/c1-20-18(21-7-4-12-25-2)23-10-8-22(9-11-23)17(24)14-15-5-3-6-16(19)13-15/h3,5-6,13H,4,7-12,14H2,1-2H3,(H,20,21). The van der Waals surface area contributed by atoms with Gasteiger partial charge >= 0.3 is 0 Å². The highest BCUT2D eigenvalue weighted by molar-refractivity contribution is 7.98. The molecule has 0 unspecified atom stereocenters. The van der Waals surface area contributed by atoms with Crippen molar-refractivity contribution in [3.63, 3.8) is 0 Å². The van der Waals surface area contributed by atoms with Crippen molar-refractivity contribution in [3.05, 3.63) is 34.9 Å². The lowest BCUT2D eigenvalue weighted by Crippen LogP contribution is -2.54. The summed E-state index contributed by atoms with van der Waals surface area (Å²) in [6.07, 6.45) is 3.65. The molecular weight excluding hydrogens is 356 g/mol. The number of nitrogens with zero attached hydrogens (tertiary/aromatic N) is 3. The first-order valence-corrected chi connectivity index (χ1v) is 10.4. The van der Waals surface area contributed by atoms with Crippen molar-refractivity contribution in [1.29, 1.82) is 0 Å². The molecule has 0 radical (unpaired) electrons. The number of nitrogens with one attached hydrogen (secondary N) is 1. The highest BCUT2D eigenvalue weighted by Crippen LogP contribution is 2.13. The van der Waals surface area contributed by atoms with Crippen LogP contribution in [0.5, 0.6) is 0 Å². The van der Waals surface area contributed by atoms with Crippen molar-refractivity contribution in [2.75, 3.05) is 51.8 Å². The summed E-state index contributed by atoms with van der Waals surface area (Å²) in [5.74, 6) is 2.24. The van der Waals surface area contributed by atoms with E-state index in [1.807, 2.05) is 48.0 Å². The SMILES string of the molecule is CN=C(NCCCSC)N1CCN(C(=O)Cc2cccc(Cl)c2)CC1. The van der Waals surface area contributed by atoms with E-state index >= 15 is 0 Å². The number of carbonyl (C=O) groups is 1. The van der Waals surface area contributed by atoms with Gasteiger partial charge < -0.3 is 15.1 Å². The number of amides is 1. The van der Waals surface area contributed by atoms with Crippen LogP contribution in [0.2, 0.25) is 5.02 Å². The maximum atomic E-state index is 12.5. The molecule has 5 nitrogen and oxygen atoms in total. The third-order valence-corrected chi connectivity index (χ3v) is 5.13. The Bertz CT molecular complexity index is 588. The Balaban J connectivity index is 1.79. The van der Waals surface area contributed by atoms with Crippen molar-refractivity contribution in [1.82, 2.24) is 15.1 Å². The summed E-state index contributed by atoms with van der Waals surface area (Å²) < 4.78 is 0. The van der Waals surface area contributed by atoms with Crippen LogP contribution in [0.15, 0.2) is 29.3 Å². The summed E-state index contributed by atoms with van der Waals surface area (Å²) in [6, 6.07) is 7.51. The first kappa shape index (κ1) is 19.9. The molecule has 1 aromatic rings. The number of benzene rings is 1. The highest BCUT2D eigenvalue weighted by atomic mass is 35.5. The van der Waals surface area contributed by atoms with Crippen LogP contribution in [0.25, 0.3) is 0 Å². The molecule has 1 aromatic carbocycles. The molecule has 1 aliphatic heterocycles. The molecule has 1 heterocycles. The van der Waals surface area contributed by atoms with Gasteiger partial charge in [-0.3, -0.25) is 9.79 Å². The molecule has 0 aliphatic carbocycles. The maximum Gasteiger partial charge on any atom is 0.227 e.